The van der Waals surface area contributed by atoms with Crippen LogP contribution in [0, 0.1) is 10.5 Å². The van der Waals surface area contributed by atoms with Crippen molar-refractivity contribution in [3.63, 3.8) is 0 Å². The van der Waals surface area contributed by atoms with Gasteiger partial charge >= 0.3 is 0 Å². The molecule has 2 heterocycles. The molecule has 3 aromatic rings. The summed E-state index contributed by atoms with van der Waals surface area (Å²) in [4.78, 5) is 4.36. The van der Waals surface area contributed by atoms with Crippen LogP contribution in [0.5, 0.6) is 0 Å². The Bertz CT molecular complexity index is 671. The van der Waals surface area contributed by atoms with Gasteiger partial charge in [0.25, 0.3) is 0 Å². The second-order valence-corrected chi connectivity index (χ2v) is 5.20. The highest BCUT2D eigenvalue weighted by Crippen LogP contribution is 2.23. The summed E-state index contributed by atoms with van der Waals surface area (Å²) in [5.41, 5.74) is 4.13. The molecule has 0 spiro atoms. The van der Waals surface area contributed by atoms with Crippen molar-refractivity contribution in [2.45, 2.75) is 6.92 Å². The average molecular weight is 335 g/mol. The molecule has 0 atom stereocenters. The van der Waals surface area contributed by atoms with Crippen molar-refractivity contribution < 1.29 is 0 Å². The maximum atomic E-state index is 4.36. The normalized spacial score (nSPS) is 10.9. The van der Waals surface area contributed by atoms with E-state index in [4.69, 9.17) is 0 Å². The zero-order chi connectivity index (χ0) is 11.8. The minimum atomic E-state index is 0.775. The fraction of sp³-hybridized carbons (Fsp3) is 0.0769. The van der Waals surface area contributed by atoms with Crippen molar-refractivity contribution in [3.8, 4) is 11.1 Å². The fourth-order valence-corrected chi connectivity index (χ4v) is 2.18. The van der Waals surface area contributed by atoms with E-state index in [1.165, 1.54) is 9.13 Å². The molecule has 1 N–H and O–H groups in total. The van der Waals surface area contributed by atoms with Crippen LogP contribution in [0.1, 0.15) is 5.69 Å². The molecule has 84 valence electrons. The molecule has 0 saturated heterocycles. The molecular weight excluding hydrogens is 325 g/mol. The molecule has 0 aliphatic carbocycles. The van der Waals surface area contributed by atoms with Crippen LogP contribution in [0.2, 0.25) is 0 Å². The lowest BCUT2D eigenvalue weighted by Gasteiger charge is -2.01. The molecule has 4 heteroatoms. The lowest BCUT2D eigenvalue weighted by molar-refractivity contribution is 1.05. The Balaban J connectivity index is 2.17. The number of nitrogens with zero attached hydrogens (tertiary/aromatic N) is 2. The van der Waals surface area contributed by atoms with Gasteiger partial charge in [0, 0.05) is 26.4 Å². The molecule has 0 amide bonds. The van der Waals surface area contributed by atoms with Crippen LogP contribution in [0.3, 0.4) is 0 Å². The number of aromatic amines is 1. The van der Waals surface area contributed by atoms with Crippen LogP contribution in [0.25, 0.3) is 22.2 Å². The quantitative estimate of drug-likeness (QED) is 0.691. The summed E-state index contributed by atoms with van der Waals surface area (Å²) in [5.74, 6) is 0. The predicted octanol–water partition coefficient (Wildman–Crippen LogP) is 3.54. The molecule has 0 fully saturated rings. The van der Waals surface area contributed by atoms with Crippen molar-refractivity contribution in [2.24, 2.45) is 0 Å². The van der Waals surface area contributed by atoms with Crippen molar-refractivity contribution in [2.75, 3.05) is 0 Å². The van der Waals surface area contributed by atoms with Gasteiger partial charge in [-0.15, -0.1) is 0 Å². The topological polar surface area (TPSA) is 41.6 Å². The SMILES string of the molecule is Cc1[nH]nc2ncc(-c3ccc(I)cc3)cc12. The number of fused-ring (bicyclic) bond motifs is 1. The molecular formula is C13H10IN3. The Labute approximate surface area is 112 Å². The molecule has 0 saturated carbocycles. The van der Waals surface area contributed by atoms with Gasteiger partial charge in [-0.3, -0.25) is 5.10 Å². The first kappa shape index (κ1) is 10.7. The monoisotopic (exact) mass is 335 g/mol. The Morgan fingerprint density at radius 2 is 1.88 bits per heavy atom. The van der Waals surface area contributed by atoms with Crippen molar-refractivity contribution in [3.05, 3.63) is 45.8 Å². The lowest BCUT2D eigenvalue weighted by atomic mass is 10.1. The molecule has 1 aromatic carbocycles. The summed E-state index contributed by atoms with van der Waals surface area (Å²) in [5, 5.41) is 8.16. The van der Waals surface area contributed by atoms with E-state index >= 15 is 0 Å². The highest BCUT2D eigenvalue weighted by Gasteiger charge is 2.05. The van der Waals surface area contributed by atoms with Gasteiger partial charge in [0.05, 0.1) is 0 Å². The summed E-state index contributed by atoms with van der Waals surface area (Å²) >= 11 is 2.30. The number of H-pyrrole nitrogens is 1. The molecule has 0 aliphatic rings. The van der Waals surface area contributed by atoms with Gasteiger partial charge in [0.2, 0.25) is 0 Å². The number of nitrogens with one attached hydrogen (secondary N) is 1. The Morgan fingerprint density at radius 1 is 1.12 bits per heavy atom. The van der Waals surface area contributed by atoms with Crippen molar-refractivity contribution in [1.82, 2.24) is 15.2 Å². The Morgan fingerprint density at radius 3 is 2.65 bits per heavy atom. The van der Waals surface area contributed by atoms with Crippen LogP contribution in [0.15, 0.2) is 36.5 Å². The van der Waals surface area contributed by atoms with Crippen LogP contribution >= 0.6 is 22.6 Å². The van der Waals surface area contributed by atoms with Crippen LogP contribution in [-0.2, 0) is 0 Å². The molecule has 3 rings (SSSR count). The Kier molecular flexibility index (Phi) is 2.58. The second kappa shape index (κ2) is 4.10. The number of pyridine rings is 1. The van der Waals surface area contributed by atoms with Gasteiger partial charge in [0.1, 0.15) is 0 Å². The van der Waals surface area contributed by atoms with E-state index < -0.39 is 0 Å². The van der Waals surface area contributed by atoms with Gasteiger partial charge in [-0.2, -0.15) is 5.10 Å². The maximum absolute atomic E-state index is 4.36. The van der Waals surface area contributed by atoms with Gasteiger partial charge in [0.15, 0.2) is 5.65 Å². The largest absolute Gasteiger partial charge is 0.280 e. The summed E-state index contributed by atoms with van der Waals surface area (Å²) in [6, 6.07) is 10.5. The van der Waals surface area contributed by atoms with E-state index in [0.29, 0.717) is 0 Å². The van der Waals surface area contributed by atoms with E-state index in [0.717, 1.165) is 22.3 Å². The third kappa shape index (κ3) is 1.93. The number of halogens is 1. The van der Waals surface area contributed by atoms with E-state index in [2.05, 4.69) is 68.1 Å². The van der Waals surface area contributed by atoms with Crippen molar-refractivity contribution >= 4 is 33.6 Å². The summed E-state index contributed by atoms with van der Waals surface area (Å²) < 4.78 is 1.24. The van der Waals surface area contributed by atoms with E-state index in [1.807, 2.05) is 13.1 Å². The average Bonchev–Trinajstić information content (AvgIpc) is 2.72. The fourth-order valence-electron chi connectivity index (χ4n) is 1.82. The standard InChI is InChI=1S/C13H10IN3/c1-8-12-6-10(7-15-13(12)17-16-8)9-2-4-11(14)5-3-9/h2-7H,1H3,(H,15,16,17). The molecule has 0 aliphatic heterocycles. The first-order chi connectivity index (χ1) is 8.24. The minimum Gasteiger partial charge on any atom is -0.280 e. The molecule has 17 heavy (non-hydrogen) atoms. The number of aryl methyl sites for hydroxylation is 1. The molecule has 0 bridgehead atoms. The van der Waals surface area contributed by atoms with Crippen LogP contribution in [-0.4, -0.2) is 15.2 Å². The van der Waals surface area contributed by atoms with Crippen molar-refractivity contribution in [1.29, 1.82) is 0 Å². The second-order valence-electron chi connectivity index (χ2n) is 3.95. The summed E-state index contributed by atoms with van der Waals surface area (Å²) in [6.45, 7) is 2.01. The molecule has 0 radical (unpaired) electrons. The van der Waals surface area contributed by atoms with Crippen LogP contribution in [0.4, 0.5) is 0 Å². The van der Waals surface area contributed by atoms with Gasteiger partial charge in [-0.1, -0.05) is 12.1 Å². The first-order valence-corrected chi connectivity index (χ1v) is 6.38. The summed E-state index contributed by atoms with van der Waals surface area (Å²) in [6.07, 6.45) is 1.87. The molecule has 0 unspecified atom stereocenters. The highest BCUT2D eigenvalue weighted by atomic mass is 127. The van der Waals surface area contributed by atoms with E-state index in [9.17, 15) is 0 Å². The Hall–Kier alpha value is -1.43. The number of hydrogen-bond acceptors (Lipinski definition) is 2. The third-order valence-corrected chi connectivity index (χ3v) is 3.50. The zero-order valence-corrected chi connectivity index (χ0v) is 11.4. The van der Waals surface area contributed by atoms with E-state index in [-0.39, 0.29) is 0 Å². The minimum absolute atomic E-state index is 0.775. The van der Waals surface area contributed by atoms with Crippen LogP contribution < -0.4 is 0 Å². The molecule has 2 aromatic heterocycles. The van der Waals surface area contributed by atoms with Gasteiger partial charge < -0.3 is 0 Å². The first-order valence-electron chi connectivity index (χ1n) is 5.31. The molecule has 3 nitrogen and oxygen atoms in total. The number of benzene rings is 1. The smallest absolute Gasteiger partial charge is 0.181 e. The van der Waals surface area contributed by atoms with E-state index in [1.54, 1.807) is 0 Å². The zero-order valence-electron chi connectivity index (χ0n) is 9.24. The third-order valence-electron chi connectivity index (χ3n) is 2.78. The van der Waals surface area contributed by atoms with Gasteiger partial charge in [-0.25, -0.2) is 4.98 Å². The highest BCUT2D eigenvalue weighted by molar-refractivity contribution is 14.1. The maximum Gasteiger partial charge on any atom is 0.181 e. The lowest BCUT2D eigenvalue weighted by Crippen LogP contribution is -1.82. The predicted molar refractivity (Wildman–Crippen MR) is 76.8 cm³/mol. The van der Waals surface area contributed by atoms with Gasteiger partial charge in [-0.05, 0) is 53.3 Å². The summed E-state index contributed by atoms with van der Waals surface area (Å²) in [7, 11) is 0. The number of aromatic nitrogens is 3. The number of rotatable bonds is 1. The number of hydrogen-bond donors (Lipinski definition) is 1.